The molecule has 0 aliphatic rings. The van der Waals surface area contributed by atoms with Crippen LogP contribution in [0.5, 0.6) is 0 Å². The van der Waals surface area contributed by atoms with E-state index in [4.69, 9.17) is 0 Å². The van der Waals surface area contributed by atoms with Crippen LogP contribution in [0, 0.1) is 0 Å². The van der Waals surface area contributed by atoms with Gasteiger partial charge >= 0.3 is 0 Å². The van der Waals surface area contributed by atoms with E-state index in [0.29, 0.717) is 0 Å². The van der Waals surface area contributed by atoms with Crippen molar-refractivity contribution >= 4 is 6.20 Å². The lowest BCUT2D eigenvalue weighted by molar-refractivity contribution is 0.892. The third kappa shape index (κ3) is 1.47. The van der Waals surface area contributed by atoms with E-state index in [1.165, 1.54) is 0 Å². The predicted molar refractivity (Wildman–Crippen MR) is 42.6 cm³/mol. The zero-order valence-electron chi connectivity index (χ0n) is 6.25. The van der Waals surface area contributed by atoms with E-state index < -0.39 is 0 Å². The Hall–Kier alpha value is -1.05. The largest absolute Gasteiger partial charge is 0.313 e. The molecule has 54 valence electrons. The second-order valence-corrected chi connectivity index (χ2v) is 2.24. The maximum absolute atomic E-state index is 4.17. The first-order chi connectivity index (χ1) is 4.86. The van der Waals surface area contributed by atoms with Gasteiger partial charge in [0, 0.05) is 12.4 Å². The summed E-state index contributed by atoms with van der Waals surface area (Å²) in [4.78, 5) is 4.17. The highest BCUT2D eigenvalue weighted by Crippen LogP contribution is 1.98. The lowest BCUT2D eigenvalue weighted by atomic mass is 10.3. The Kier molecular flexibility index (Phi) is 2.26. The number of nitrogens with zero attached hydrogens (tertiary/aromatic N) is 2. The van der Waals surface area contributed by atoms with Crippen molar-refractivity contribution in [2.45, 2.75) is 19.8 Å². The van der Waals surface area contributed by atoms with Gasteiger partial charge in [0.05, 0.1) is 12.0 Å². The second kappa shape index (κ2) is 3.20. The lowest BCUT2D eigenvalue weighted by Gasteiger charge is -1.87. The van der Waals surface area contributed by atoms with Gasteiger partial charge < -0.3 is 4.57 Å². The summed E-state index contributed by atoms with van der Waals surface area (Å²) in [5.41, 5.74) is 1.14. The van der Waals surface area contributed by atoms with Crippen LogP contribution in [-0.4, -0.2) is 9.55 Å². The summed E-state index contributed by atoms with van der Waals surface area (Å²) >= 11 is 0. The summed E-state index contributed by atoms with van der Waals surface area (Å²) in [6.45, 7) is 5.77. The number of imidazole rings is 1. The molecule has 0 aromatic carbocycles. The van der Waals surface area contributed by atoms with E-state index in [0.717, 1.165) is 18.5 Å². The van der Waals surface area contributed by atoms with Gasteiger partial charge in [-0.25, -0.2) is 4.98 Å². The van der Waals surface area contributed by atoms with Gasteiger partial charge in [0.25, 0.3) is 0 Å². The topological polar surface area (TPSA) is 17.8 Å². The summed E-state index contributed by atoms with van der Waals surface area (Å²) < 4.78 is 1.87. The van der Waals surface area contributed by atoms with Gasteiger partial charge in [-0.15, -0.1) is 0 Å². The van der Waals surface area contributed by atoms with E-state index in [9.17, 15) is 0 Å². The summed E-state index contributed by atoms with van der Waals surface area (Å²) in [5, 5.41) is 0. The van der Waals surface area contributed by atoms with E-state index in [2.05, 4.69) is 18.5 Å². The van der Waals surface area contributed by atoms with Crippen molar-refractivity contribution in [3.05, 3.63) is 24.8 Å². The molecule has 1 rings (SSSR count). The molecule has 0 saturated carbocycles. The van der Waals surface area contributed by atoms with Crippen LogP contribution in [0.25, 0.3) is 6.20 Å². The fourth-order valence-electron chi connectivity index (χ4n) is 0.865. The molecule has 10 heavy (non-hydrogen) atoms. The Morgan fingerprint density at radius 3 is 3.10 bits per heavy atom. The summed E-state index contributed by atoms with van der Waals surface area (Å²) in [7, 11) is 0. The normalized spacial score (nSPS) is 9.70. The number of hydrogen-bond acceptors (Lipinski definition) is 1. The molecule has 0 bridgehead atoms. The molecule has 0 aliphatic heterocycles. The van der Waals surface area contributed by atoms with Gasteiger partial charge in [-0.1, -0.05) is 19.9 Å². The summed E-state index contributed by atoms with van der Waals surface area (Å²) in [5.74, 6) is 0. The molecule has 0 fully saturated rings. The monoisotopic (exact) mass is 136 g/mol. The number of hydrogen-bond donors (Lipinski definition) is 0. The molecule has 1 aromatic rings. The molecule has 0 spiro atoms. The standard InChI is InChI=1S/C8H12N2/c1-3-5-8-6-10(4-2)7-9-8/h4,6-7H,2-3,5H2,1H3. The number of aryl methyl sites for hydroxylation is 1. The molecular formula is C8H12N2. The van der Waals surface area contributed by atoms with Gasteiger partial charge in [-0.2, -0.15) is 0 Å². The van der Waals surface area contributed by atoms with Crippen LogP contribution in [-0.2, 0) is 6.42 Å². The highest BCUT2D eigenvalue weighted by Gasteiger charge is 1.92. The Balaban J connectivity index is 2.68. The van der Waals surface area contributed by atoms with Crippen LogP contribution in [0.2, 0.25) is 0 Å². The Bertz CT molecular complexity index is 213. The minimum absolute atomic E-state index is 1.06. The Labute approximate surface area is 61.2 Å². The molecule has 0 amide bonds. The van der Waals surface area contributed by atoms with Crippen LogP contribution in [0.1, 0.15) is 19.0 Å². The molecule has 0 aliphatic carbocycles. The van der Waals surface area contributed by atoms with Crippen LogP contribution >= 0.6 is 0 Å². The SMILES string of the molecule is C=Cn1cnc(CCC)c1. The van der Waals surface area contributed by atoms with Gasteiger partial charge in [-0.05, 0) is 6.42 Å². The first-order valence-electron chi connectivity index (χ1n) is 3.51. The van der Waals surface area contributed by atoms with Gasteiger partial charge in [0.1, 0.15) is 0 Å². The molecule has 1 aromatic heterocycles. The maximum Gasteiger partial charge on any atom is 0.0990 e. The van der Waals surface area contributed by atoms with E-state index in [-0.39, 0.29) is 0 Å². The quantitative estimate of drug-likeness (QED) is 0.621. The minimum atomic E-state index is 1.06. The average Bonchev–Trinajstić information content (AvgIpc) is 2.37. The molecule has 2 nitrogen and oxygen atoms in total. The van der Waals surface area contributed by atoms with Crippen molar-refractivity contribution in [3.8, 4) is 0 Å². The lowest BCUT2D eigenvalue weighted by Crippen LogP contribution is -1.80. The molecule has 1 heterocycles. The van der Waals surface area contributed by atoms with Crippen molar-refractivity contribution in [2.75, 3.05) is 0 Å². The van der Waals surface area contributed by atoms with E-state index in [1.54, 1.807) is 12.5 Å². The van der Waals surface area contributed by atoms with Crippen molar-refractivity contribution < 1.29 is 0 Å². The molecule has 0 atom stereocenters. The molecule has 2 heteroatoms. The van der Waals surface area contributed by atoms with E-state index >= 15 is 0 Å². The molecule has 0 unspecified atom stereocenters. The summed E-state index contributed by atoms with van der Waals surface area (Å²) in [6.07, 6.45) is 7.72. The predicted octanol–water partition coefficient (Wildman–Crippen LogP) is 1.94. The van der Waals surface area contributed by atoms with Gasteiger partial charge in [0.2, 0.25) is 0 Å². The maximum atomic E-state index is 4.17. The third-order valence-corrected chi connectivity index (χ3v) is 1.37. The van der Waals surface area contributed by atoms with Crippen molar-refractivity contribution in [2.24, 2.45) is 0 Å². The van der Waals surface area contributed by atoms with Crippen LogP contribution < -0.4 is 0 Å². The zero-order chi connectivity index (χ0) is 7.40. The highest BCUT2D eigenvalue weighted by atomic mass is 15.0. The van der Waals surface area contributed by atoms with Crippen molar-refractivity contribution in [3.63, 3.8) is 0 Å². The second-order valence-electron chi connectivity index (χ2n) is 2.24. The fraction of sp³-hybridized carbons (Fsp3) is 0.375. The van der Waals surface area contributed by atoms with Gasteiger partial charge in [0.15, 0.2) is 0 Å². The highest BCUT2D eigenvalue weighted by molar-refractivity contribution is 5.17. The first kappa shape index (κ1) is 7.06. The average molecular weight is 136 g/mol. The molecular weight excluding hydrogens is 124 g/mol. The van der Waals surface area contributed by atoms with Gasteiger partial charge in [-0.3, -0.25) is 0 Å². The van der Waals surface area contributed by atoms with Crippen LogP contribution in [0.4, 0.5) is 0 Å². The van der Waals surface area contributed by atoms with Crippen LogP contribution in [0.15, 0.2) is 19.1 Å². The Morgan fingerprint density at radius 1 is 1.80 bits per heavy atom. The molecule has 0 N–H and O–H groups in total. The van der Waals surface area contributed by atoms with Crippen molar-refractivity contribution in [1.29, 1.82) is 0 Å². The number of aromatic nitrogens is 2. The minimum Gasteiger partial charge on any atom is -0.313 e. The number of rotatable bonds is 3. The van der Waals surface area contributed by atoms with E-state index in [1.807, 2.05) is 10.8 Å². The first-order valence-corrected chi connectivity index (χ1v) is 3.51. The molecule has 0 saturated heterocycles. The third-order valence-electron chi connectivity index (χ3n) is 1.37. The van der Waals surface area contributed by atoms with Crippen LogP contribution in [0.3, 0.4) is 0 Å². The summed E-state index contributed by atoms with van der Waals surface area (Å²) in [6, 6.07) is 0. The smallest absolute Gasteiger partial charge is 0.0990 e. The fourth-order valence-corrected chi connectivity index (χ4v) is 0.865. The molecule has 0 radical (unpaired) electrons. The zero-order valence-corrected chi connectivity index (χ0v) is 6.25. The van der Waals surface area contributed by atoms with Crippen molar-refractivity contribution in [1.82, 2.24) is 9.55 Å². The Morgan fingerprint density at radius 2 is 2.60 bits per heavy atom.